The van der Waals surface area contributed by atoms with Crippen LogP contribution in [-0.2, 0) is 6.18 Å². The summed E-state index contributed by atoms with van der Waals surface area (Å²) in [6.07, 6.45) is -7.99. The lowest BCUT2D eigenvalue weighted by molar-refractivity contribution is -0.274. The first-order valence-corrected chi connectivity index (χ1v) is 8.57. The molecule has 3 rings (SSSR count). The van der Waals surface area contributed by atoms with Crippen LogP contribution in [0.25, 0.3) is 11.5 Å². The predicted octanol–water partition coefficient (Wildman–Crippen LogP) is 4.60. The average Bonchev–Trinajstić information content (AvgIpc) is 2.69. The summed E-state index contributed by atoms with van der Waals surface area (Å²) in [6.45, 7) is 0. The lowest BCUT2D eigenvalue weighted by Crippen LogP contribution is -2.21. The van der Waals surface area contributed by atoms with Crippen molar-refractivity contribution in [2.75, 3.05) is 7.11 Å². The molecule has 170 valence electrons. The fourth-order valence-electron chi connectivity index (χ4n) is 2.37. The Hall–Kier alpha value is -3.55. The fourth-order valence-corrected chi connectivity index (χ4v) is 2.52. The van der Waals surface area contributed by atoms with E-state index in [1.165, 1.54) is 13.3 Å². The molecular weight excluding hydrogens is 474 g/mol. The van der Waals surface area contributed by atoms with Gasteiger partial charge in [0.2, 0.25) is 11.6 Å². The van der Waals surface area contributed by atoms with Gasteiger partial charge in [-0.1, -0.05) is 11.6 Å². The van der Waals surface area contributed by atoms with Crippen LogP contribution in [0.1, 0.15) is 5.69 Å². The highest BCUT2D eigenvalue weighted by molar-refractivity contribution is 6.32. The Morgan fingerprint density at radius 2 is 1.75 bits per heavy atom. The number of rotatable bonds is 5. The number of hydrogen-bond donors (Lipinski definition) is 1. The standard InChI is InChI=1S/C17H9ClF6N4O4/c1-30-15-10(25-4-5-26-15)13-27-12(16(19,20)21)11(14(29)28-13)31-7-2-3-8(18)9(6-7)32-17(22,23)24/h2-6H,1H3,(H,27,28,29). The number of H-pyrrole nitrogens is 1. The molecule has 15 heteroatoms. The summed E-state index contributed by atoms with van der Waals surface area (Å²) >= 11 is 5.59. The maximum absolute atomic E-state index is 13.6. The monoisotopic (exact) mass is 482 g/mol. The quantitative estimate of drug-likeness (QED) is 0.531. The van der Waals surface area contributed by atoms with Crippen LogP contribution in [0.5, 0.6) is 23.1 Å². The van der Waals surface area contributed by atoms with E-state index in [0.29, 0.717) is 6.07 Å². The molecule has 32 heavy (non-hydrogen) atoms. The van der Waals surface area contributed by atoms with Crippen LogP contribution >= 0.6 is 11.6 Å². The Bertz CT molecular complexity index is 1200. The Kier molecular flexibility index (Phi) is 6.16. The molecule has 0 aliphatic rings. The summed E-state index contributed by atoms with van der Waals surface area (Å²) in [6, 6.07) is 2.38. The summed E-state index contributed by atoms with van der Waals surface area (Å²) < 4.78 is 91.8. The van der Waals surface area contributed by atoms with E-state index in [0.717, 1.165) is 18.3 Å². The molecule has 2 aromatic heterocycles. The van der Waals surface area contributed by atoms with Gasteiger partial charge in [0, 0.05) is 18.5 Å². The van der Waals surface area contributed by atoms with Crippen molar-refractivity contribution in [1.82, 2.24) is 19.9 Å². The summed E-state index contributed by atoms with van der Waals surface area (Å²) in [5.41, 5.74) is -3.46. The Morgan fingerprint density at radius 1 is 1.06 bits per heavy atom. The summed E-state index contributed by atoms with van der Waals surface area (Å²) in [5, 5.41) is -0.497. The van der Waals surface area contributed by atoms with Crippen LogP contribution in [0.15, 0.2) is 35.4 Å². The molecule has 0 aliphatic carbocycles. The first kappa shape index (κ1) is 23.1. The second-order valence-corrected chi connectivity index (χ2v) is 6.15. The van der Waals surface area contributed by atoms with E-state index in [4.69, 9.17) is 21.1 Å². The number of halogens is 7. The van der Waals surface area contributed by atoms with Crippen LogP contribution in [0.3, 0.4) is 0 Å². The number of nitrogens with one attached hydrogen (secondary N) is 1. The first-order chi connectivity index (χ1) is 14.9. The molecule has 1 N–H and O–H groups in total. The molecule has 0 saturated heterocycles. The zero-order valence-corrected chi connectivity index (χ0v) is 16.3. The zero-order chi connectivity index (χ0) is 23.7. The number of ether oxygens (including phenoxy) is 3. The predicted molar refractivity (Wildman–Crippen MR) is 95.6 cm³/mol. The molecule has 8 nitrogen and oxygen atoms in total. The number of hydrogen-bond acceptors (Lipinski definition) is 7. The SMILES string of the molecule is COc1nccnc1-c1nc(C(F)(F)F)c(Oc2ccc(Cl)c(OC(F)(F)F)c2)c(=O)[nH]1. The van der Waals surface area contributed by atoms with Gasteiger partial charge in [0.1, 0.15) is 5.75 Å². The second kappa shape index (κ2) is 8.53. The third-order valence-electron chi connectivity index (χ3n) is 3.58. The lowest BCUT2D eigenvalue weighted by Gasteiger charge is -2.15. The van der Waals surface area contributed by atoms with Crippen molar-refractivity contribution < 1.29 is 40.6 Å². The third-order valence-corrected chi connectivity index (χ3v) is 3.89. The Labute approximate surface area is 178 Å². The molecule has 0 aliphatic heterocycles. The number of benzene rings is 1. The summed E-state index contributed by atoms with van der Waals surface area (Å²) in [5.74, 6) is -3.72. The summed E-state index contributed by atoms with van der Waals surface area (Å²) in [4.78, 5) is 25.4. The van der Waals surface area contributed by atoms with Gasteiger partial charge in [-0.3, -0.25) is 4.79 Å². The van der Waals surface area contributed by atoms with Crippen molar-refractivity contribution >= 4 is 11.6 Å². The highest BCUT2D eigenvalue weighted by atomic mass is 35.5. The smallest absolute Gasteiger partial charge is 0.479 e. The molecule has 0 saturated carbocycles. The molecule has 0 amide bonds. The number of aromatic amines is 1. The molecule has 1 aromatic carbocycles. The normalized spacial score (nSPS) is 11.9. The molecular formula is C17H9ClF6N4O4. The van der Waals surface area contributed by atoms with Crippen molar-refractivity contribution in [3.63, 3.8) is 0 Å². The second-order valence-electron chi connectivity index (χ2n) is 5.75. The number of alkyl halides is 6. The van der Waals surface area contributed by atoms with E-state index in [9.17, 15) is 31.1 Å². The van der Waals surface area contributed by atoms with Crippen molar-refractivity contribution in [1.29, 1.82) is 0 Å². The molecule has 0 atom stereocenters. The minimum atomic E-state index is -5.19. The van der Waals surface area contributed by atoms with E-state index in [1.54, 1.807) is 0 Å². The molecule has 0 spiro atoms. The van der Waals surface area contributed by atoms with E-state index < -0.39 is 51.9 Å². The molecule has 0 fully saturated rings. The van der Waals surface area contributed by atoms with Crippen LogP contribution < -0.4 is 19.8 Å². The summed E-state index contributed by atoms with van der Waals surface area (Å²) in [7, 11) is 1.18. The van der Waals surface area contributed by atoms with Gasteiger partial charge in [0.05, 0.1) is 12.1 Å². The molecule has 0 bridgehead atoms. The van der Waals surface area contributed by atoms with Gasteiger partial charge in [-0.25, -0.2) is 15.0 Å². The topological polar surface area (TPSA) is 99.2 Å². The van der Waals surface area contributed by atoms with Crippen molar-refractivity contribution in [3.8, 4) is 34.6 Å². The highest BCUT2D eigenvalue weighted by Gasteiger charge is 2.39. The van der Waals surface area contributed by atoms with Crippen LogP contribution in [-0.4, -0.2) is 33.4 Å². The maximum atomic E-state index is 13.6. The van der Waals surface area contributed by atoms with Crippen LogP contribution in [0.4, 0.5) is 26.3 Å². The largest absolute Gasteiger partial charge is 0.573 e. The Balaban J connectivity index is 2.10. The van der Waals surface area contributed by atoms with Crippen molar-refractivity contribution in [3.05, 3.63) is 51.7 Å². The molecule has 0 unspecified atom stereocenters. The number of nitrogens with zero attached hydrogens (tertiary/aromatic N) is 3. The minimum Gasteiger partial charge on any atom is -0.479 e. The third kappa shape index (κ3) is 5.19. The van der Waals surface area contributed by atoms with Gasteiger partial charge in [-0.05, 0) is 12.1 Å². The van der Waals surface area contributed by atoms with E-state index in [2.05, 4.69) is 24.7 Å². The minimum absolute atomic E-state index is 0.218. The number of aromatic nitrogens is 4. The van der Waals surface area contributed by atoms with Gasteiger partial charge in [0.15, 0.2) is 23.0 Å². The van der Waals surface area contributed by atoms with Gasteiger partial charge in [-0.15, -0.1) is 13.2 Å². The van der Waals surface area contributed by atoms with Crippen LogP contribution in [0, 0.1) is 0 Å². The molecule has 2 heterocycles. The number of methoxy groups -OCH3 is 1. The van der Waals surface area contributed by atoms with Crippen LogP contribution in [0.2, 0.25) is 5.02 Å². The maximum Gasteiger partial charge on any atom is 0.573 e. The lowest BCUT2D eigenvalue weighted by atomic mass is 10.3. The first-order valence-electron chi connectivity index (χ1n) is 8.19. The molecule has 0 radical (unpaired) electrons. The highest BCUT2D eigenvalue weighted by Crippen LogP contribution is 2.38. The van der Waals surface area contributed by atoms with Crippen molar-refractivity contribution in [2.45, 2.75) is 12.5 Å². The average molecular weight is 483 g/mol. The molecule has 3 aromatic rings. The van der Waals surface area contributed by atoms with Crippen molar-refractivity contribution in [2.24, 2.45) is 0 Å². The van der Waals surface area contributed by atoms with Gasteiger partial charge >= 0.3 is 12.5 Å². The van der Waals surface area contributed by atoms with Gasteiger partial charge in [0.25, 0.3) is 5.56 Å². The van der Waals surface area contributed by atoms with E-state index in [1.807, 2.05) is 0 Å². The van der Waals surface area contributed by atoms with E-state index >= 15 is 0 Å². The Morgan fingerprint density at radius 3 is 2.38 bits per heavy atom. The fraction of sp³-hybridized carbons (Fsp3) is 0.176. The van der Waals surface area contributed by atoms with Gasteiger partial charge in [-0.2, -0.15) is 13.2 Å². The van der Waals surface area contributed by atoms with Gasteiger partial charge < -0.3 is 19.2 Å². The van der Waals surface area contributed by atoms with E-state index in [-0.39, 0.29) is 11.6 Å². The zero-order valence-electron chi connectivity index (χ0n) is 15.5.